The van der Waals surface area contributed by atoms with Gasteiger partial charge in [0.15, 0.2) is 0 Å². The zero-order valence-electron chi connectivity index (χ0n) is 11.0. The maximum absolute atomic E-state index is 6.39. The smallest absolute Gasteiger partial charge is 0.134 e. The number of nitrogens with two attached hydrogens (primary N) is 1. The highest BCUT2D eigenvalue weighted by molar-refractivity contribution is 5.81. The number of hydrogen-bond acceptors (Lipinski definition) is 2. The van der Waals surface area contributed by atoms with Gasteiger partial charge in [-0.3, -0.25) is 0 Å². The Labute approximate surface area is 112 Å². The molecular formula is C17H17NO. The first-order valence-corrected chi connectivity index (χ1v) is 6.60. The van der Waals surface area contributed by atoms with Crippen LogP contribution in [0.25, 0.3) is 11.0 Å². The maximum Gasteiger partial charge on any atom is 0.134 e. The molecule has 2 N–H and O–H groups in total. The second-order valence-corrected chi connectivity index (χ2v) is 4.76. The standard InChI is InChI=1S/C17H17NO/c1-2-12-6-5-7-13(10-12)17(18)15-11-19-16-9-4-3-8-14(15)16/h3-11,17H,2,18H2,1H3. The van der Waals surface area contributed by atoms with Gasteiger partial charge in [-0.2, -0.15) is 0 Å². The second-order valence-electron chi connectivity index (χ2n) is 4.76. The predicted octanol–water partition coefficient (Wildman–Crippen LogP) is 4.04. The van der Waals surface area contributed by atoms with Crippen LogP contribution in [-0.2, 0) is 6.42 Å². The quantitative estimate of drug-likeness (QED) is 0.763. The third kappa shape index (κ3) is 2.15. The summed E-state index contributed by atoms with van der Waals surface area (Å²) in [5, 5.41) is 1.09. The molecule has 0 saturated carbocycles. The molecule has 0 aliphatic carbocycles. The molecule has 1 aromatic heterocycles. The minimum Gasteiger partial charge on any atom is -0.464 e. The van der Waals surface area contributed by atoms with E-state index < -0.39 is 0 Å². The number of para-hydroxylation sites is 1. The van der Waals surface area contributed by atoms with E-state index in [0.717, 1.165) is 28.5 Å². The van der Waals surface area contributed by atoms with E-state index in [1.165, 1.54) is 5.56 Å². The van der Waals surface area contributed by atoms with E-state index in [4.69, 9.17) is 10.2 Å². The zero-order valence-corrected chi connectivity index (χ0v) is 11.0. The van der Waals surface area contributed by atoms with Gasteiger partial charge in [0, 0.05) is 10.9 Å². The largest absolute Gasteiger partial charge is 0.464 e. The van der Waals surface area contributed by atoms with Crippen molar-refractivity contribution in [1.82, 2.24) is 0 Å². The molecule has 3 aromatic rings. The average Bonchev–Trinajstić information content (AvgIpc) is 2.90. The minimum atomic E-state index is -0.143. The van der Waals surface area contributed by atoms with Crippen LogP contribution in [0.3, 0.4) is 0 Å². The molecule has 2 nitrogen and oxygen atoms in total. The topological polar surface area (TPSA) is 39.2 Å². The van der Waals surface area contributed by atoms with E-state index in [-0.39, 0.29) is 6.04 Å². The molecule has 0 aliphatic heterocycles. The fourth-order valence-corrected chi connectivity index (χ4v) is 2.43. The Hall–Kier alpha value is -2.06. The lowest BCUT2D eigenvalue weighted by Gasteiger charge is -2.12. The summed E-state index contributed by atoms with van der Waals surface area (Å²) in [4.78, 5) is 0. The highest BCUT2D eigenvalue weighted by Crippen LogP contribution is 2.29. The molecule has 1 unspecified atom stereocenters. The van der Waals surface area contributed by atoms with Gasteiger partial charge in [-0.1, -0.05) is 49.4 Å². The van der Waals surface area contributed by atoms with Crippen LogP contribution >= 0.6 is 0 Å². The molecular weight excluding hydrogens is 234 g/mol. The van der Waals surface area contributed by atoms with Crippen molar-refractivity contribution >= 4 is 11.0 Å². The Morgan fingerprint density at radius 2 is 1.95 bits per heavy atom. The number of hydrogen-bond donors (Lipinski definition) is 1. The van der Waals surface area contributed by atoms with E-state index in [9.17, 15) is 0 Å². The van der Waals surface area contributed by atoms with Gasteiger partial charge in [0.2, 0.25) is 0 Å². The SMILES string of the molecule is CCc1cccc(C(N)c2coc3ccccc23)c1. The summed E-state index contributed by atoms with van der Waals surface area (Å²) in [6.07, 6.45) is 2.79. The van der Waals surface area contributed by atoms with E-state index >= 15 is 0 Å². The molecule has 0 aliphatic rings. The lowest BCUT2D eigenvalue weighted by atomic mass is 9.97. The first-order valence-electron chi connectivity index (χ1n) is 6.60. The molecule has 3 rings (SSSR count). The van der Waals surface area contributed by atoms with Gasteiger partial charge in [0.25, 0.3) is 0 Å². The molecule has 1 atom stereocenters. The average molecular weight is 251 g/mol. The van der Waals surface area contributed by atoms with Crippen molar-refractivity contribution in [2.75, 3.05) is 0 Å². The minimum absolute atomic E-state index is 0.143. The zero-order chi connectivity index (χ0) is 13.2. The van der Waals surface area contributed by atoms with Crippen molar-refractivity contribution in [2.24, 2.45) is 5.73 Å². The fourth-order valence-electron chi connectivity index (χ4n) is 2.43. The molecule has 1 heterocycles. The van der Waals surface area contributed by atoms with E-state index in [1.54, 1.807) is 6.26 Å². The summed E-state index contributed by atoms with van der Waals surface area (Å²) >= 11 is 0. The summed E-state index contributed by atoms with van der Waals surface area (Å²) in [7, 11) is 0. The number of rotatable bonds is 3. The van der Waals surface area contributed by atoms with Crippen molar-refractivity contribution in [1.29, 1.82) is 0 Å². The molecule has 0 radical (unpaired) electrons. The Balaban J connectivity index is 2.05. The lowest BCUT2D eigenvalue weighted by Crippen LogP contribution is -2.11. The molecule has 2 aromatic carbocycles. The van der Waals surface area contributed by atoms with Crippen LogP contribution in [0, 0.1) is 0 Å². The second kappa shape index (κ2) is 4.90. The van der Waals surface area contributed by atoms with Crippen molar-refractivity contribution in [3.8, 4) is 0 Å². The number of furan rings is 1. The van der Waals surface area contributed by atoms with Crippen molar-refractivity contribution in [2.45, 2.75) is 19.4 Å². The summed E-state index contributed by atoms with van der Waals surface area (Å²) in [5.41, 5.74) is 10.8. The monoisotopic (exact) mass is 251 g/mol. The van der Waals surface area contributed by atoms with Crippen LogP contribution in [0.1, 0.15) is 29.7 Å². The maximum atomic E-state index is 6.39. The predicted molar refractivity (Wildman–Crippen MR) is 78.1 cm³/mol. The Morgan fingerprint density at radius 3 is 2.79 bits per heavy atom. The molecule has 2 heteroatoms. The van der Waals surface area contributed by atoms with Crippen molar-refractivity contribution in [3.63, 3.8) is 0 Å². The van der Waals surface area contributed by atoms with E-state index in [2.05, 4.69) is 37.3 Å². The van der Waals surface area contributed by atoms with E-state index in [1.807, 2.05) is 18.2 Å². The molecule has 19 heavy (non-hydrogen) atoms. The summed E-state index contributed by atoms with van der Waals surface area (Å²) in [6, 6.07) is 16.3. The van der Waals surface area contributed by atoms with Crippen molar-refractivity contribution in [3.05, 3.63) is 71.5 Å². The lowest BCUT2D eigenvalue weighted by molar-refractivity contribution is 0.607. The van der Waals surface area contributed by atoms with Gasteiger partial charge in [-0.25, -0.2) is 0 Å². The highest BCUT2D eigenvalue weighted by Gasteiger charge is 2.15. The van der Waals surface area contributed by atoms with Crippen LogP contribution in [0.4, 0.5) is 0 Å². The van der Waals surface area contributed by atoms with Gasteiger partial charge in [0.05, 0.1) is 12.3 Å². The van der Waals surface area contributed by atoms with Gasteiger partial charge < -0.3 is 10.2 Å². The molecule has 0 bridgehead atoms. The molecule has 0 fully saturated rings. The van der Waals surface area contributed by atoms with Crippen LogP contribution in [0.5, 0.6) is 0 Å². The van der Waals surface area contributed by atoms with Crippen LogP contribution in [-0.4, -0.2) is 0 Å². The first-order chi connectivity index (χ1) is 9.29. The van der Waals surface area contributed by atoms with Crippen LogP contribution in [0.15, 0.2) is 59.2 Å². The van der Waals surface area contributed by atoms with Crippen LogP contribution < -0.4 is 5.73 Å². The highest BCUT2D eigenvalue weighted by atomic mass is 16.3. The number of benzene rings is 2. The third-order valence-corrected chi connectivity index (χ3v) is 3.56. The molecule has 0 amide bonds. The fraction of sp³-hybridized carbons (Fsp3) is 0.176. The van der Waals surface area contributed by atoms with Crippen LogP contribution in [0.2, 0.25) is 0 Å². The first kappa shape index (κ1) is 12.0. The molecule has 0 spiro atoms. The van der Waals surface area contributed by atoms with E-state index in [0.29, 0.717) is 0 Å². The van der Waals surface area contributed by atoms with Crippen molar-refractivity contribution < 1.29 is 4.42 Å². The Bertz CT molecular complexity index is 699. The van der Waals surface area contributed by atoms with Gasteiger partial charge in [-0.05, 0) is 23.6 Å². The Kier molecular flexibility index (Phi) is 3.10. The molecule has 96 valence electrons. The summed E-state index contributed by atoms with van der Waals surface area (Å²) in [6.45, 7) is 2.15. The summed E-state index contributed by atoms with van der Waals surface area (Å²) in [5.74, 6) is 0. The normalized spacial score (nSPS) is 12.7. The van der Waals surface area contributed by atoms with Gasteiger partial charge in [0.1, 0.15) is 5.58 Å². The third-order valence-electron chi connectivity index (χ3n) is 3.56. The number of aryl methyl sites for hydroxylation is 1. The van der Waals surface area contributed by atoms with Gasteiger partial charge >= 0.3 is 0 Å². The number of fused-ring (bicyclic) bond motifs is 1. The van der Waals surface area contributed by atoms with Gasteiger partial charge in [-0.15, -0.1) is 0 Å². The molecule has 0 saturated heterocycles. The Morgan fingerprint density at radius 1 is 1.11 bits per heavy atom. The summed E-state index contributed by atoms with van der Waals surface area (Å²) < 4.78 is 5.57.